The Morgan fingerprint density at radius 3 is 2.43 bits per heavy atom. The number of aryl methyl sites for hydroxylation is 1. The fourth-order valence-corrected chi connectivity index (χ4v) is 3.85. The maximum Gasteiger partial charge on any atom is 0.279 e. The zero-order valence-corrected chi connectivity index (χ0v) is 18.6. The molecule has 2 aromatic rings. The summed E-state index contributed by atoms with van der Waals surface area (Å²) in [6.07, 6.45) is 2.39. The van der Waals surface area contributed by atoms with Crippen LogP contribution in [-0.4, -0.2) is 42.9 Å². The highest BCUT2D eigenvalue weighted by Crippen LogP contribution is 2.35. The second-order valence-corrected chi connectivity index (χ2v) is 8.69. The van der Waals surface area contributed by atoms with Crippen LogP contribution >= 0.6 is 0 Å². The molecule has 1 aliphatic rings. The average Bonchev–Trinajstić information content (AvgIpc) is 3.55. The molecule has 3 rings (SSSR count). The molecule has 1 saturated carbocycles. The summed E-state index contributed by atoms with van der Waals surface area (Å²) in [6, 6.07) is 16.3. The van der Waals surface area contributed by atoms with Crippen molar-refractivity contribution in [3.63, 3.8) is 0 Å². The molecule has 0 bridgehead atoms. The number of nitrogens with one attached hydrogen (secondary N) is 2. The summed E-state index contributed by atoms with van der Waals surface area (Å²) < 4.78 is 0. The molecule has 30 heavy (non-hydrogen) atoms. The molecule has 2 N–H and O–H groups in total. The topological polar surface area (TPSA) is 53.9 Å². The lowest BCUT2D eigenvalue weighted by molar-refractivity contribution is -0.862. The lowest BCUT2D eigenvalue weighted by Gasteiger charge is -2.30. The van der Waals surface area contributed by atoms with Crippen molar-refractivity contribution in [3.8, 4) is 0 Å². The van der Waals surface area contributed by atoms with Crippen LogP contribution in [-0.2, 0) is 16.1 Å². The van der Waals surface area contributed by atoms with E-state index in [1.807, 2.05) is 62.2 Å². The van der Waals surface area contributed by atoms with Gasteiger partial charge in [0.15, 0.2) is 13.1 Å². The Kier molecular flexibility index (Phi) is 7.27. The van der Waals surface area contributed by atoms with Crippen molar-refractivity contribution >= 4 is 17.5 Å². The second kappa shape index (κ2) is 9.90. The lowest BCUT2D eigenvalue weighted by Crippen LogP contribution is -3.11. The Morgan fingerprint density at radius 2 is 1.77 bits per heavy atom. The summed E-state index contributed by atoms with van der Waals surface area (Å²) in [5, 5.41) is 2.99. The molecule has 2 atom stereocenters. The van der Waals surface area contributed by atoms with Gasteiger partial charge in [-0.15, -0.1) is 0 Å². The zero-order chi connectivity index (χ0) is 21.7. The molecular weight excluding hydrogens is 374 g/mol. The number of likely N-dealkylation sites (N-methyl/N-ethyl adjacent to an activating group) is 1. The van der Waals surface area contributed by atoms with Gasteiger partial charge in [0, 0.05) is 18.3 Å². The molecule has 2 amide bonds. The highest BCUT2D eigenvalue weighted by Gasteiger charge is 2.35. The van der Waals surface area contributed by atoms with Crippen molar-refractivity contribution in [1.29, 1.82) is 0 Å². The molecule has 0 radical (unpaired) electrons. The Labute approximate surface area is 180 Å². The van der Waals surface area contributed by atoms with Crippen LogP contribution in [0.15, 0.2) is 48.5 Å². The van der Waals surface area contributed by atoms with Crippen LogP contribution < -0.4 is 10.2 Å². The van der Waals surface area contributed by atoms with E-state index in [2.05, 4.69) is 24.4 Å². The van der Waals surface area contributed by atoms with Gasteiger partial charge in [-0.2, -0.15) is 0 Å². The third kappa shape index (κ3) is 5.92. The van der Waals surface area contributed by atoms with Gasteiger partial charge >= 0.3 is 0 Å². The van der Waals surface area contributed by atoms with Crippen molar-refractivity contribution in [2.45, 2.75) is 46.2 Å². The highest BCUT2D eigenvalue weighted by atomic mass is 16.2. The molecule has 0 aliphatic heterocycles. The maximum atomic E-state index is 13.1. The normalized spacial score (nSPS) is 15.3. The summed E-state index contributed by atoms with van der Waals surface area (Å²) in [6.45, 7) is 7.38. The van der Waals surface area contributed by atoms with Crippen molar-refractivity contribution in [2.24, 2.45) is 5.92 Å². The third-order valence-corrected chi connectivity index (χ3v) is 6.11. The number of rotatable bonds is 9. The van der Waals surface area contributed by atoms with Crippen LogP contribution in [0.25, 0.3) is 0 Å². The van der Waals surface area contributed by atoms with Gasteiger partial charge in [-0.3, -0.25) is 9.59 Å². The largest absolute Gasteiger partial charge is 0.331 e. The standard InChI is InChI=1S/C25H33N3O2/c1-18-9-8-12-23(19(18)2)26-24(29)16-27(4)17-25(30)28(20(3)22-13-14-22)15-21-10-6-5-7-11-21/h5-12,20,22H,13-17H2,1-4H3,(H,26,29)/p+1/t20-/m1/s1. The van der Waals surface area contributed by atoms with Crippen LogP contribution in [0.5, 0.6) is 0 Å². The Bertz CT molecular complexity index is 877. The molecule has 0 saturated heterocycles. The number of carbonyl (C=O) groups excluding carboxylic acids is 2. The summed E-state index contributed by atoms with van der Waals surface area (Å²) >= 11 is 0. The van der Waals surface area contributed by atoms with E-state index in [0.29, 0.717) is 19.0 Å². The number of hydrogen-bond donors (Lipinski definition) is 2. The second-order valence-electron chi connectivity index (χ2n) is 8.69. The number of benzene rings is 2. The third-order valence-electron chi connectivity index (χ3n) is 6.11. The van der Waals surface area contributed by atoms with Crippen LogP contribution in [0.4, 0.5) is 5.69 Å². The first-order valence-electron chi connectivity index (χ1n) is 10.9. The SMILES string of the molecule is Cc1cccc(NC(=O)C[NH+](C)CC(=O)N(Cc2ccccc2)[C@H](C)C2CC2)c1C. The van der Waals surface area contributed by atoms with Crippen molar-refractivity contribution < 1.29 is 14.5 Å². The fraction of sp³-hybridized carbons (Fsp3) is 0.440. The van der Waals surface area contributed by atoms with Gasteiger partial charge in [0.1, 0.15) is 0 Å². The maximum absolute atomic E-state index is 13.1. The molecule has 1 fully saturated rings. The Hall–Kier alpha value is -2.66. The van der Waals surface area contributed by atoms with E-state index in [1.165, 1.54) is 12.8 Å². The molecule has 0 aromatic heterocycles. The fourth-order valence-electron chi connectivity index (χ4n) is 3.85. The molecular formula is C25H34N3O2+. The summed E-state index contributed by atoms with van der Waals surface area (Å²) in [7, 11) is 1.91. The van der Waals surface area contributed by atoms with Gasteiger partial charge in [0.25, 0.3) is 11.8 Å². The molecule has 0 heterocycles. The van der Waals surface area contributed by atoms with E-state index in [9.17, 15) is 9.59 Å². The van der Waals surface area contributed by atoms with E-state index in [-0.39, 0.29) is 24.4 Å². The summed E-state index contributed by atoms with van der Waals surface area (Å²) in [5.41, 5.74) is 4.21. The van der Waals surface area contributed by atoms with Crippen LogP contribution in [0.1, 0.15) is 36.5 Å². The molecule has 5 heteroatoms. The predicted octanol–water partition coefficient (Wildman–Crippen LogP) is 2.58. The number of amides is 2. The van der Waals surface area contributed by atoms with Crippen molar-refractivity contribution in [1.82, 2.24) is 4.90 Å². The number of quaternary nitrogens is 1. The molecule has 5 nitrogen and oxygen atoms in total. The molecule has 160 valence electrons. The number of carbonyl (C=O) groups is 2. The van der Waals surface area contributed by atoms with Crippen LogP contribution in [0.2, 0.25) is 0 Å². The summed E-state index contributed by atoms with van der Waals surface area (Å²) in [4.78, 5) is 28.6. The first-order chi connectivity index (χ1) is 14.3. The van der Waals surface area contributed by atoms with E-state index in [4.69, 9.17) is 0 Å². The van der Waals surface area contributed by atoms with E-state index < -0.39 is 0 Å². The number of nitrogens with zero attached hydrogens (tertiary/aromatic N) is 1. The number of anilines is 1. The zero-order valence-electron chi connectivity index (χ0n) is 18.6. The minimum atomic E-state index is -0.0705. The summed E-state index contributed by atoms with van der Waals surface area (Å²) in [5.74, 6) is 0.639. The van der Waals surface area contributed by atoms with Gasteiger partial charge in [0.2, 0.25) is 0 Å². The monoisotopic (exact) mass is 408 g/mol. The average molecular weight is 409 g/mol. The Balaban J connectivity index is 1.58. The van der Waals surface area contributed by atoms with E-state index >= 15 is 0 Å². The predicted molar refractivity (Wildman–Crippen MR) is 120 cm³/mol. The molecule has 2 aromatic carbocycles. The van der Waals surface area contributed by atoms with Crippen molar-refractivity contribution in [3.05, 3.63) is 65.2 Å². The minimum absolute atomic E-state index is 0.0705. The molecule has 0 spiro atoms. The van der Waals surface area contributed by atoms with Crippen LogP contribution in [0, 0.1) is 19.8 Å². The lowest BCUT2D eigenvalue weighted by atomic mass is 10.1. The van der Waals surface area contributed by atoms with Crippen molar-refractivity contribution in [2.75, 3.05) is 25.5 Å². The molecule has 1 aliphatic carbocycles. The molecule has 1 unspecified atom stereocenters. The van der Waals surface area contributed by atoms with Gasteiger partial charge in [-0.25, -0.2) is 0 Å². The van der Waals surface area contributed by atoms with Gasteiger partial charge in [0.05, 0.1) is 7.05 Å². The Morgan fingerprint density at radius 1 is 1.07 bits per heavy atom. The first kappa shape index (κ1) is 22.0. The van der Waals surface area contributed by atoms with Gasteiger partial charge in [-0.1, -0.05) is 42.5 Å². The quantitative estimate of drug-likeness (QED) is 0.670. The van der Waals surface area contributed by atoms with Crippen LogP contribution in [0.3, 0.4) is 0 Å². The van der Waals surface area contributed by atoms with Gasteiger partial charge < -0.3 is 15.1 Å². The van der Waals surface area contributed by atoms with Gasteiger partial charge in [-0.05, 0) is 62.3 Å². The smallest absolute Gasteiger partial charge is 0.279 e. The van der Waals surface area contributed by atoms with E-state index in [0.717, 1.165) is 27.3 Å². The highest BCUT2D eigenvalue weighted by molar-refractivity contribution is 5.92. The number of hydrogen-bond acceptors (Lipinski definition) is 2. The minimum Gasteiger partial charge on any atom is -0.331 e. The van der Waals surface area contributed by atoms with E-state index in [1.54, 1.807) is 0 Å². The first-order valence-corrected chi connectivity index (χ1v) is 10.9.